The van der Waals surface area contributed by atoms with E-state index in [2.05, 4.69) is 0 Å². The first-order valence-corrected chi connectivity index (χ1v) is 7.07. The van der Waals surface area contributed by atoms with Crippen molar-refractivity contribution in [3.05, 3.63) is 48.3 Å². The molecule has 2 heterocycles. The van der Waals surface area contributed by atoms with Crippen molar-refractivity contribution in [2.75, 3.05) is 0 Å². The van der Waals surface area contributed by atoms with Gasteiger partial charge < -0.3 is 17.9 Å². The number of furan rings is 2. The second-order valence-corrected chi connectivity index (χ2v) is 6.13. The minimum absolute atomic E-state index is 0.0411. The summed E-state index contributed by atoms with van der Waals surface area (Å²) in [7, 11) is 0. The Balaban J connectivity index is 2.51. The number of hydrogen-bond donors (Lipinski definition) is 2. The Kier molecular flexibility index (Phi) is 3.81. The van der Waals surface area contributed by atoms with Crippen molar-refractivity contribution in [2.45, 2.75) is 10.5 Å². The third-order valence-electron chi connectivity index (χ3n) is 2.45. The summed E-state index contributed by atoms with van der Waals surface area (Å²) in [5.74, 6) is 0.275. The Bertz CT molecular complexity index is 531. The molecule has 0 saturated carbocycles. The molecule has 0 aromatic carbocycles. The zero-order valence-electron chi connectivity index (χ0n) is 9.02. The third-order valence-corrected chi connectivity index (χ3v) is 5.12. The van der Waals surface area contributed by atoms with E-state index in [1.807, 2.05) is 0 Å². The Morgan fingerprint density at radius 3 is 2.11 bits per heavy atom. The monoisotopic (exact) mass is 290 g/mol. The maximum absolute atomic E-state index is 11.5. The van der Waals surface area contributed by atoms with Gasteiger partial charge in [-0.3, -0.25) is 0 Å². The molecule has 6 nitrogen and oxygen atoms in total. The molecule has 2 N–H and O–H groups in total. The van der Waals surface area contributed by atoms with Crippen LogP contribution < -0.4 is 0 Å². The average molecular weight is 290 g/mol. The van der Waals surface area contributed by atoms with Gasteiger partial charge in [0.25, 0.3) is 0 Å². The van der Waals surface area contributed by atoms with Crippen LogP contribution in [0.25, 0.3) is 0 Å². The van der Waals surface area contributed by atoms with E-state index in [1.54, 1.807) is 12.1 Å². The molecule has 0 aliphatic rings. The van der Waals surface area contributed by atoms with E-state index in [0.717, 1.165) is 0 Å². The molecular formula is C10H10O6S2. The second-order valence-electron chi connectivity index (χ2n) is 3.48. The SMILES string of the molecule is O=S(O)C(Cc1ccco1)(c1ccco1)S(=O)O. The zero-order valence-corrected chi connectivity index (χ0v) is 10.6. The molecule has 0 aliphatic heterocycles. The van der Waals surface area contributed by atoms with Crippen LogP contribution in [0, 0.1) is 0 Å². The molecular weight excluding hydrogens is 280 g/mol. The Hall–Kier alpha value is -1.22. The summed E-state index contributed by atoms with van der Waals surface area (Å²) >= 11 is -5.22. The molecule has 0 spiro atoms. The van der Waals surface area contributed by atoms with E-state index in [9.17, 15) is 17.5 Å². The van der Waals surface area contributed by atoms with Crippen LogP contribution in [0.4, 0.5) is 0 Å². The lowest BCUT2D eigenvalue weighted by atomic mass is 10.2. The summed E-state index contributed by atoms with van der Waals surface area (Å²) in [6.45, 7) is 0. The molecule has 8 heteroatoms. The third kappa shape index (κ3) is 2.19. The highest BCUT2D eigenvalue weighted by molar-refractivity contribution is 7.98. The highest BCUT2D eigenvalue weighted by atomic mass is 32.3. The highest BCUT2D eigenvalue weighted by Gasteiger charge is 2.49. The standard InChI is InChI=1S/C10H10O6S2/c11-17(12)10(18(13)14,9-4-2-6-16-9)7-8-3-1-5-15-8/h1-6H,7H2,(H,11,12)(H,13,14). The summed E-state index contributed by atoms with van der Waals surface area (Å²) < 4.78 is 50.1. The van der Waals surface area contributed by atoms with Gasteiger partial charge in [0, 0.05) is 6.42 Å². The fourth-order valence-electron chi connectivity index (χ4n) is 1.58. The molecule has 2 atom stereocenters. The summed E-state index contributed by atoms with van der Waals surface area (Å²) in [5, 5.41) is 0. The molecule has 0 amide bonds. The lowest BCUT2D eigenvalue weighted by Crippen LogP contribution is -2.38. The Labute approximate surface area is 108 Å². The van der Waals surface area contributed by atoms with Gasteiger partial charge in [0.1, 0.15) is 11.5 Å². The fraction of sp³-hybridized carbons (Fsp3) is 0.200. The van der Waals surface area contributed by atoms with E-state index in [1.165, 1.54) is 24.7 Å². The molecule has 2 aromatic rings. The van der Waals surface area contributed by atoms with Gasteiger partial charge in [-0.25, -0.2) is 8.42 Å². The van der Waals surface area contributed by atoms with Crippen LogP contribution in [-0.2, 0) is 32.7 Å². The van der Waals surface area contributed by atoms with Crippen LogP contribution in [0.1, 0.15) is 11.5 Å². The molecule has 98 valence electrons. The quantitative estimate of drug-likeness (QED) is 0.813. The maximum Gasteiger partial charge on any atom is 0.235 e. The van der Waals surface area contributed by atoms with Crippen molar-refractivity contribution < 1.29 is 26.4 Å². The highest BCUT2D eigenvalue weighted by Crippen LogP contribution is 2.35. The van der Waals surface area contributed by atoms with Gasteiger partial charge in [-0.05, 0) is 24.3 Å². The number of hydrogen-bond acceptors (Lipinski definition) is 4. The van der Waals surface area contributed by atoms with Crippen molar-refractivity contribution in [1.29, 1.82) is 0 Å². The minimum Gasteiger partial charge on any atom is -0.469 e. The van der Waals surface area contributed by atoms with Gasteiger partial charge in [-0.15, -0.1) is 0 Å². The topological polar surface area (TPSA) is 101 Å². The van der Waals surface area contributed by atoms with Crippen LogP contribution in [0.3, 0.4) is 0 Å². The first kappa shape index (κ1) is 13.2. The van der Waals surface area contributed by atoms with Gasteiger partial charge in [-0.1, -0.05) is 0 Å². The van der Waals surface area contributed by atoms with Crippen LogP contribution in [0.15, 0.2) is 45.6 Å². The summed E-state index contributed by atoms with van der Waals surface area (Å²) in [6.07, 6.45) is 2.43. The molecule has 2 unspecified atom stereocenters. The average Bonchev–Trinajstić information content (AvgIpc) is 2.98. The van der Waals surface area contributed by atoms with Crippen molar-refractivity contribution in [1.82, 2.24) is 0 Å². The predicted octanol–water partition coefficient (Wildman–Crippen LogP) is 1.71. The van der Waals surface area contributed by atoms with Crippen LogP contribution in [0.2, 0.25) is 0 Å². The Morgan fingerprint density at radius 1 is 1.06 bits per heavy atom. The summed E-state index contributed by atoms with van der Waals surface area (Å²) in [4.78, 5) is 0. The summed E-state index contributed by atoms with van der Waals surface area (Å²) in [5.41, 5.74) is 0. The first-order chi connectivity index (χ1) is 8.57. The van der Waals surface area contributed by atoms with Crippen molar-refractivity contribution >= 4 is 22.2 Å². The van der Waals surface area contributed by atoms with Crippen LogP contribution >= 0.6 is 0 Å². The summed E-state index contributed by atoms with van der Waals surface area (Å²) in [6, 6.07) is 6.00. The van der Waals surface area contributed by atoms with Gasteiger partial charge >= 0.3 is 0 Å². The lowest BCUT2D eigenvalue weighted by molar-refractivity contribution is 0.418. The zero-order chi connectivity index (χ0) is 13.2. The number of rotatable bonds is 5. The van der Waals surface area contributed by atoms with Crippen LogP contribution in [0.5, 0.6) is 0 Å². The minimum atomic E-state index is -2.61. The lowest BCUT2D eigenvalue weighted by Gasteiger charge is -2.22. The van der Waals surface area contributed by atoms with Crippen molar-refractivity contribution in [2.24, 2.45) is 0 Å². The van der Waals surface area contributed by atoms with E-state index < -0.39 is 26.2 Å². The molecule has 0 radical (unpaired) electrons. The molecule has 2 rings (SSSR count). The van der Waals surface area contributed by atoms with Gasteiger partial charge in [0.15, 0.2) is 22.2 Å². The molecule has 0 aliphatic carbocycles. The maximum atomic E-state index is 11.5. The van der Waals surface area contributed by atoms with Gasteiger partial charge in [-0.2, -0.15) is 0 Å². The van der Waals surface area contributed by atoms with Crippen LogP contribution in [-0.4, -0.2) is 17.5 Å². The molecule has 18 heavy (non-hydrogen) atoms. The fourth-order valence-corrected chi connectivity index (χ4v) is 3.18. The first-order valence-electron chi connectivity index (χ1n) is 4.85. The second kappa shape index (κ2) is 5.19. The van der Waals surface area contributed by atoms with E-state index in [0.29, 0.717) is 5.76 Å². The molecule has 0 fully saturated rings. The van der Waals surface area contributed by atoms with Gasteiger partial charge in [0.05, 0.1) is 12.5 Å². The molecule has 0 saturated heterocycles. The predicted molar refractivity (Wildman–Crippen MR) is 64.3 cm³/mol. The van der Waals surface area contributed by atoms with Gasteiger partial charge in [0.2, 0.25) is 4.08 Å². The Morgan fingerprint density at radius 2 is 1.67 bits per heavy atom. The van der Waals surface area contributed by atoms with Crippen molar-refractivity contribution in [3.8, 4) is 0 Å². The molecule has 0 bridgehead atoms. The molecule has 2 aromatic heterocycles. The van der Waals surface area contributed by atoms with E-state index >= 15 is 0 Å². The normalized spacial score (nSPS) is 18.1. The largest absolute Gasteiger partial charge is 0.469 e. The van der Waals surface area contributed by atoms with E-state index in [4.69, 9.17) is 8.83 Å². The smallest absolute Gasteiger partial charge is 0.235 e. The van der Waals surface area contributed by atoms with E-state index in [-0.39, 0.29) is 12.2 Å². The van der Waals surface area contributed by atoms with Crippen molar-refractivity contribution in [3.63, 3.8) is 0 Å².